The van der Waals surface area contributed by atoms with Crippen LogP contribution in [0.1, 0.15) is 25.8 Å². The van der Waals surface area contributed by atoms with Gasteiger partial charge in [0.25, 0.3) is 0 Å². The van der Waals surface area contributed by atoms with E-state index < -0.39 is 0 Å². The maximum atomic E-state index is 5.80. The third-order valence-corrected chi connectivity index (χ3v) is 3.51. The van der Waals surface area contributed by atoms with Crippen molar-refractivity contribution >= 4 is 0 Å². The summed E-state index contributed by atoms with van der Waals surface area (Å²) < 4.78 is 5.80. The van der Waals surface area contributed by atoms with Gasteiger partial charge in [0, 0.05) is 25.2 Å². The average Bonchev–Trinajstić information content (AvgIpc) is 2.76. The molecule has 1 N–H and O–H groups in total. The molecule has 0 spiro atoms. The third kappa shape index (κ3) is 4.84. The van der Waals surface area contributed by atoms with Crippen molar-refractivity contribution in [2.45, 2.75) is 39.3 Å². The molecule has 1 unspecified atom stereocenters. The normalized spacial score (nSPS) is 20.1. The van der Waals surface area contributed by atoms with Crippen LogP contribution in [0.15, 0.2) is 24.3 Å². The number of aryl methyl sites for hydroxylation is 1. The van der Waals surface area contributed by atoms with E-state index in [9.17, 15) is 0 Å². The Labute approximate surface area is 116 Å². The number of hydrogen-bond donors (Lipinski definition) is 1. The summed E-state index contributed by atoms with van der Waals surface area (Å²) in [5.41, 5.74) is 1.25. The number of benzene rings is 1. The Morgan fingerprint density at radius 3 is 3.00 bits per heavy atom. The van der Waals surface area contributed by atoms with Crippen molar-refractivity contribution in [3.63, 3.8) is 0 Å². The zero-order valence-corrected chi connectivity index (χ0v) is 12.4. The largest absolute Gasteiger partial charge is 0.492 e. The smallest absolute Gasteiger partial charge is 0.119 e. The summed E-state index contributed by atoms with van der Waals surface area (Å²) >= 11 is 0. The second-order valence-corrected chi connectivity index (χ2v) is 5.77. The maximum Gasteiger partial charge on any atom is 0.119 e. The second kappa shape index (κ2) is 6.92. The molecule has 0 bridgehead atoms. The molecule has 19 heavy (non-hydrogen) atoms. The standard InChI is InChI=1S/C16H26N2O/c1-13(2)17-15-7-8-18(12-15)9-10-19-16-6-4-5-14(3)11-16/h4-6,11,13,15,17H,7-10,12H2,1-3H3. The van der Waals surface area contributed by atoms with Crippen LogP contribution in [0, 0.1) is 6.92 Å². The lowest BCUT2D eigenvalue weighted by Crippen LogP contribution is -2.37. The number of nitrogens with zero attached hydrogens (tertiary/aromatic N) is 1. The van der Waals surface area contributed by atoms with E-state index in [1.54, 1.807) is 0 Å². The molecule has 3 nitrogen and oxygen atoms in total. The van der Waals surface area contributed by atoms with Crippen LogP contribution < -0.4 is 10.1 Å². The predicted molar refractivity (Wildman–Crippen MR) is 79.8 cm³/mol. The number of ether oxygens (including phenoxy) is 1. The van der Waals surface area contributed by atoms with Gasteiger partial charge in [-0.2, -0.15) is 0 Å². The molecule has 3 heteroatoms. The maximum absolute atomic E-state index is 5.80. The highest BCUT2D eigenvalue weighted by atomic mass is 16.5. The lowest BCUT2D eigenvalue weighted by atomic mass is 10.2. The Morgan fingerprint density at radius 1 is 1.42 bits per heavy atom. The van der Waals surface area contributed by atoms with Gasteiger partial charge in [-0.25, -0.2) is 0 Å². The number of likely N-dealkylation sites (tertiary alicyclic amines) is 1. The van der Waals surface area contributed by atoms with E-state index in [2.05, 4.69) is 43.1 Å². The summed E-state index contributed by atoms with van der Waals surface area (Å²) in [6.07, 6.45) is 1.25. The fourth-order valence-electron chi connectivity index (χ4n) is 2.64. The van der Waals surface area contributed by atoms with Crippen LogP contribution in [0.25, 0.3) is 0 Å². The molecular formula is C16H26N2O. The van der Waals surface area contributed by atoms with Crippen molar-refractivity contribution in [3.05, 3.63) is 29.8 Å². The first-order valence-corrected chi connectivity index (χ1v) is 7.31. The first-order chi connectivity index (χ1) is 9.13. The van der Waals surface area contributed by atoms with Gasteiger partial charge in [0.2, 0.25) is 0 Å². The molecule has 2 rings (SSSR count). The predicted octanol–water partition coefficient (Wildman–Crippen LogP) is 2.45. The second-order valence-electron chi connectivity index (χ2n) is 5.77. The van der Waals surface area contributed by atoms with E-state index >= 15 is 0 Å². The Bertz CT molecular complexity index is 392. The summed E-state index contributed by atoms with van der Waals surface area (Å²) in [7, 11) is 0. The summed E-state index contributed by atoms with van der Waals surface area (Å²) in [6.45, 7) is 10.6. The molecule has 0 aliphatic carbocycles. The Balaban J connectivity index is 1.67. The quantitative estimate of drug-likeness (QED) is 0.852. The molecule has 1 aromatic carbocycles. The molecular weight excluding hydrogens is 236 g/mol. The number of nitrogens with one attached hydrogen (secondary N) is 1. The molecule has 1 atom stereocenters. The van der Waals surface area contributed by atoms with Gasteiger partial charge in [-0.1, -0.05) is 26.0 Å². The van der Waals surface area contributed by atoms with E-state index in [1.165, 1.54) is 18.5 Å². The minimum absolute atomic E-state index is 0.577. The highest BCUT2D eigenvalue weighted by molar-refractivity contribution is 5.27. The van der Waals surface area contributed by atoms with Crippen LogP contribution in [0.4, 0.5) is 0 Å². The lowest BCUT2D eigenvalue weighted by Gasteiger charge is -2.18. The highest BCUT2D eigenvalue weighted by Crippen LogP contribution is 2.13. The molecule has 0 aromatic heterocycles. The Kier molecular flexibility index (Phi) is 5.23. The fourth-order valence-corrected chi connectivity index (χ4v) is 2.64. The summed E-state index contributed by atoms with van der Waals surface area (Å²) in [4.78, 5) is 2.48. The molecule has 1 fully saturated rings. The Morgan fingerprint density at radius 2 is 2.26 bits per heavy atom. The van der Waals surface area contributed by atoms with Crippen molar-refractivity contribution in [1.29, 1.82) is 0 Å². The van der Waals surface area contributed by atoms with Crippen LogP contribution >= 0.6 is 0 Å². The number of hydrogen-bond acceptors (Lipinski definition) is 3. The van der Waals surface area contributed by atoms with Gasteiger partial charge in [-0.3, -0.25) is 4.90 Å². The molecule has 1 aliphatic heterocycles. The molecule has 1 heterocycles. The minimum atomic E-state index is 0.577. The average molecular weight is 262 g/mol. The van der Waals surface area contributed by atoms with Gasteiger partial charge in [0.15, 0.2) is 0 Å². The molecule has 0 radical (unpaired) electrons. The molecule has 0 saturated carbocycles. The molecule has 1 saturated heterocycles. The summed E-state index contributed by atoms with van der Waals surface area (Å²) in [5.74, 6) is 0.982. The third-order valence-electron chi connectivity index (χ3n) is 3.51. The Hall–Kier alpha value is -1.06. The zero-order valence-electron chi connectivity index (χ0n) is 12.4. The first-order valence-electron chi connectivity index (χ1n) is 7.31. The lowest BCUT2D eigenvalue weighted by molar-refractivity contribution is 0.233. The first kappa shape index (κ1) is 14.4. The van der Waals surface area contributed by atoms with Gasteiger partial charge in [-0.15, -0.1) is 0 Å². The molecule has 0 amide bonds. The van der Waals surface area contributed by atoms with Crippen LogP contribution in [0.3, 0.4) is 0 Å². The van der Waals surface area contributed by atoms with Crippen molar-refractivity contribution in [2.75, 3.05) is 26.2 Å². The van der Waals surface area contributed by atoms with E-state index in [0.717, 1.165) is 25.4 Å². The highest BCUT2D eigenvalue weighted by Gasteiger charge is 2.22. The van der Waals surface area contributed by atoms with Crippen LogP contribution in [-0.2, 0) is 0 Å². The minimum Gasteiger partial charge on any atom is -0.492 e. The van der Waals surface area contributed by atoms with Gasteiger partial charge < -0.3 is 10.1 Å². The van der Waals surface area contributed by atoms with Gasteiger partial charge >= 0.3 is 0 Å². The topological polar surface area (TPSA) is 24.5 Å². The van der Waals surface area contributed by atoms with Crippen molar-refractivity contribution < 1.29 is 4.74 Å². The van der Waals surface area contributed by atoms with Crippen molar-refractivity contribution in [2.24, 2.45) is 0 Å². The van der Waals surface area contributed by atoms with Crippen LogP contribution in [0.2, 0.25) is 0 Å². The summed E-state index contributed by atoms with van der Waals surface area (Å²) in [6, 6.07) is 9.48. The van der Waals surface area contributed by atoms with Crippen molar-refractivity contribution in [3.8, 4) is 5.75 Å². The van der Waals surface area contributed by atoms with Gasteiger partial charge in [0.05, 0.1) is 0 Å². The van der Waals surface area contributed by atoms with Crippen molar-refractivity contribution in [1.82, 2.24) is 10.2 Å². The van der Waals surface area contributed by atoms with Gasteiger partial charge in [0.1, 0.15) is 12.4 Å². The van der Waals surface area contributed by atoms with Crippen LogP contribution in [0.5, 0.6) is 5.75 Å². The monoisotopic (exact) mass is 262 g/mol. The van der Waals surface area contributed by atoms with E-state index in [1.807, 2.05) is 12.1 Å². The molecule has 106 valence electrons. The SMILES string of the molecule is Cc1cccc(OCCN2CCC(NC(C)C)C2)c1. The van der Waals surface area contributed by atoms with E-state index in [0.29, 0.717) is 12.1 Å². The van der Waals surface area contributed by atoms with E-state index in [-0.39, 0.29) is 0 Å². The summed E-state index contributed by atoms with van der Waals surface area (Å²) in [5, 5.41) is 3.60. The molecule has 1 aliphatic rings. The molecule has 1 aromatic rings. The zero-order chi connectivity index (χ0) is 13.7. The van der Waals surface area contributed by atoms with Crippen LogP contribution in [-0.4, -0.2) is 43.2 Å². The fraction of sp³-hybridized carbons (Fsp3) is 0.625. The number of rotatable bonds is 6. The van der Waals surface area contributed by atoms with Gasteiger partial charge in [-0.05, 0) is 37.6 Å². The van der Waals surface area contributed by atoms with E-state index in [4.69, 9.17) is 4.74 Å².